The van der Waals surface area contributed by atoms with E-state index < -0.39 is 0 Å². The third kappa shape index (κ3) is 3.08. The molecule has 0 aliphatic carbocycles. The van der Waals surface area contributed by atoms with Crippen LogP contribution in [0.3, 0.4) is 0 Å². The van der Waals surface area contributed by atoms with Gasteiger partial charge in [-0.25, -0.2) is 9.97 Å². The van der Waals surface area contributed by atoms with E-state index in [1.807, 2.05) is 13.8 Å². The van der Waals surface area contributed by atoms with Crippen LogP contribution in [-0.4, -0.2) is 23.1 Å². The molecule has 0 unspecified atom stereocenters. The fourth-order valence-electron chi connectivity index (χ4n) is 1.57. The number of anilines is 1. The van der Waals surface area contributed by atoms with E-state index in [2.05, 4.69) is 35.6 Å². The van der Waals surface area contributed by atoms with E-state index in [1.165, 1.54) is 0 Å². The molecule has 0 spiro atoms. The molecular weight excluding hydrogens is 222 g/mol. The van der Waals surface area contributed by atoms with Gasteiger partial charge in [0.2, 0.25) is 0 Å². The highest BCUT2D eigenvalue weighted by atomic mass is 35.5. The van der Waals surface area contributed by atoms with Crippen molar-refractivity contribution >= 4 is 17.4 Å². The normalized spacial score (nSPS) is 10.9. The van der Waals surface area contributed by atoms with Crippen molar-refractivity contribution in [3.8, 4) is 0 Å². The van der Waals surface area contributed by atoms with Crippen molar-refractivity contribution in [2.24, 2.45) is 5.92 Å². The zero-order valence-electron chi connectivity index (χ0n) is 10.7. The van der Waals surface area contributed by atoms with E-state index >= 15 is 0 Å². The number of aromatic nitrogens is 2. The first-order chi connectivity index (χ1) is 7.45. The summed E-state index contributed by atoms with van der Waals surface area (Å²) in [5.74, 6) is 1.39. The van der Waals surface area contributed by atoms with Crippen LogP contribution in [-0.2, 0) is 0 Å². The summed E-state index contributed by atoms with van der Waals surface area (Å²) in [5.41, 5.74) is 1.84. The molecule has 0 N–H and O–H groups in total. The van der Waals surface area contributed by atoms with Crippen LogP contribution in [0.1, 0.15) is 32.2 Å². The molecule has 1 aromatic heterocycles. The summed E-state index contributed by atoms with van der Waals surface area (Å²) in [5, 5.41) is 0.505. The van der Waals surface area contributed by atoms with Gasteiger partial charge >= 0.3 is 0 Å². The third-order valence-electron chi connectivity index (χ3n) is 2.51. The number of nitrogens with zero attached hydrogens (tertiary/aromatic N) is 3. The topological polar surface area (TPSA) is 29.0 Å². The van der Waals surface area contributed by atoms with Gasteiger partial charge in [0.1, 0.15) is 0 Å². The smallest absolute Gasteiger partial charge is 0.171 e. The molecule has 0 aliphatic rings. The summed E-state index contributed by atoms with van der Waals surface area (Å²) in [6.45, 7) is 12.2. The summed E-state index contributed by atoms with van der Waals surface area (Å²) in [6, 6.07) is 0. The second-order valence-corrected chi connectivity index (χ2v) is 4.80. The molecule has 0 saturated carbocycles. The number of halogens is 1. The van der Waals surface area contributed by atoms with E-state index in [0.717, 1.165) is 30.3 Å². The molecule has 1 aromatic rings. The molecule has 4 heteroatoms. The summed E-state index contributed by atoms with van der Waals surface area (Å²) in [4.78, 5) is 11.0. The Bertz CT molecular complexity index is 364. The Morgan fingerprint density at radius 1 is 1.19 bits per heavy atom. The van der Waals surface area contributed by atoms with Gasteiger partial charge < -0.3 is 4.90 Å². The van der Waals surface area contributed by atoms with Gasteiger partial charge in [-0.15, -0.1) is 0 Å². The van der Waals surface area contributed by atoms with Crippen LogP contribution < -0.4 is 4.90 Å². The Kier molecular flexibility index (Phi) is 4.54. The molecule has 0 aromatic carbocycles. The van der Waals surface area contributed by atoms with Crippen molar-refractivity contribution in [1.82, 2.24) is 9.97 Å². The molecule has 90 valence electrons. The van der Waals surface area contributed by atoms with Gasteiger partial charge in [0.15, 0.2) is 11.0 Å². The predicted molar refractivity (Wildman–Crippen MR) is 69.2 cm³/mol. The maximum atomic E-state index is 6.14. The van der Waals surface area contributed by atoms with Gasteiger partial charge in [0.05, 0.1) is 11.4 Å². The minimum Gasteiger partial charge on any atom is -0.354 e. The average molecular weight is 242 g/mol. The lowest BCUT2D eigenvalue weighted by Gasteiger charge is -2.25. The second-order valence-electron chi connectivity index (χ2n) is 4.44. The van der Waals surface area contributed by atoms with E-state index in [-0.39, 0.29) is 0 Å². The number of rotatable bonds is 4. The highest BCUT2D eigenvalue weighted by molar-refractivity contribution is 6.31. The first-order valence-corrected chi connectivity index (χ1v) is 6.09. The molecule has 1 rings (SSSR count). The molecule has 16 heavy (non-hydrogen) atoms. The molecule has 0 atom stereocenters. The Hall–Kier alpha value is -0.830. The Balaban J connectivity index is 3.05. The van der Waals surface area contributed by atoms with Gasteiger partial charge in [-0.3, -0.25) is 0 Å². The van der Waals surface area contributed by atoms with Gasteiger partial charge in [-0.2, -0.15) is 0 Å². The molecule has 0 saturated heterocycles. The van der Waals surface area contributed by atoms with Crippen LogP contribution in [0.4, 0.5) is 5.82 Å². The Morgan fingerprint density at radius 2 is 1.75 bits per heavy atom. The van der Waals surface area contributed by atoms with Crippen LogP contribution >= 0.6 is 11.6 Å². The van der Waals surface area contributed by atoms with Crippen LogP contribution in [0.25, 0.3) is 0 Å². The molecule has 0 bridgehead atoms. The fraction of sp³-hybridized carbons (Fsp3) is 0.667. The number of hydrogen-bond acceptors (Lipinski definition) is 3. The number of hydrogen-bond donors (Lipinski definition) is 0. The quantitative estimate of drug-likeness (QED) is 0.811. The molecule has 3 nitrogen and oxygen atoms in total. The van der Waals surface area contributed by atoms with Gasteiger partial charge in [-0.05, 0) is 26.7 Å². The highest BCUT2D eigenvalue weighted by Gasteiger charge is 2.14. The molecule has 0 aliphatic heterocycles. The van der Waals surface area contributed by atoms with Crippen molar-refractivity contribution in [1.29, 1.82) is 0 Å². The van der Waals surface area contributed by atoms with E-state index in [1.54, 1.807) is 0 Å². The largest absolute Gasteiger partial charge is 0.354 e. The zero-order chi connectivity index (χ0) is 12.3. The summed E-state index contributed by atoms with van der Waals surface area (Å²) in [6.07, 6.45) is 0. The molecule has 0 radical (unpaired) electrons. The maximum absolute atomic E-state index is 6.14. The van der Waals surface area contributed by atoms with Crippen molar-refractivity contribution < 1.29 is 0 Å². The molecule has 0 amide bonds. The number of aryl methyl sites for hydroxylation is 2. The van der Waals surface area contributed by atoms with Gasteiger partial charge in [0.25, 0.3) is 0 Å². The standard InChI is InChI=1S/C12H20ClN3/c1-6-16(7-8(2)3)12-11(13)14-9(4)10(5)15-12/h8H,6-7H2,1-5H3. The van der Waals surface area contributed by atoms with Crippen molar-refractivity contribution in [2.75, 3.05) is 18.0 Å². The Labute approximate surface area is 103 Å². The van der Waals surface area contributed by atoms with E-state index in [9.17, 15) is 0 Å². The highest BCUT2D eigenvalue weighted by Crippen LogP contribution is 2.23. The van der Waals surface area contributed by atoms with E-state index in [0.29, 0.717) is 11.1 Å². The zero-order valence-corrected chi connectivity index (χ0v) is 11.5. The minimum absolute atomic E-state index is 0.505. The molecule has 0 fully saturated rings. The monoisotopic (exact) mass is 241 g/mol. The fourth-order valence-corrected chi connectivity index (χ4v) is 1.86. The van der Waals surface area contributed by atoms with Crippen LogP contribution in [0.5, 0.6) is 0 Å². The molecular formula is C12H20ClN3. The predicted octanol–water partition coefficient (Wildman–Crippen LogP) is 3.23. The van der Waals surface area contributed by atoms with Crippen molar-refractivity contribution in [2.45, 2.75) is 34.6 Å². The molecule has 1 heterocycles. The third-order valence-corrected chi connectivity index (χ3v) is 2.77. The van der Waals surface area contributed by atoms with Crippen molar-refractivity contribution in [3.63, 3.8) is 0 Å². The summed E-state index contributed by atoms with van der Waals surface area (Å²) in [7, 11) is 0. The van der Waals surface area contributed by atoms with Crippen LogP contribution in [0.15, 0.2) is 0 Å². The summed E-state index contributed by atoms with van der Waals surface area (Å²) < 4.78 is 0. The van der Waals surface area contributed by atoms with Crippen LogP contribution in [0, 0.1) is 19.8 Å². The SMILES string of the molecule is CCN(CC(C)C)c1nc(C)c(C)nc1Cl. The summed E-state index contributed by atoms with van der Waals surface area (Å²) >= 11 is 6.14. The Morgan fingerprint density at radius 3 is 2.25 bits per heavy atom. The maximum Gasteiger partial charge on any atom is 0.171 e. The van der Waals surface area contributed by atoms with E-state index in [4.69, 9.17) is 11.6 Å². The van der Waals surface area contributed by atoms with Crippen molar-refractivity contribution in [3.05, 3.63) is 16.5 Å². The average Bonchev–Trinajstić information content (AvgIpc) is 2.20. The van der Waals surface area contributed by atoms with Crippen LogP contribution in [0.2, 0.25) is 5.15 Å². The lowest BCUT2D eigenvalue weighted by molar-refractivity contribution is 0.613. The van der Waals surface area contributed by atoms with Gasteiger partial charge in [-0.1, -0.05) is 25.4 Å². The van der Waals surface area contributed by atoms with Gasteiger partial charge in [0, 0.05) is 13.1 Å². The second kappa shape index (κ2) is 5.48. The lowest BCUT2D eigenvalue weighted by Crippen LogP contribution is -2.29. The lowest BCUT2D eigenvalue weighted by atomic mass is 10.2. The first kappa shape index (κ1) is 13.2. The first-order valence-electron chi connectivity index (χ1n) is 5.71. The minimum atomic E-state index is 0.505.